The standard InChI is InChI=1S/C21H18ClFN2O2S/c22-15-9-7-14(8-10-15)19-13-28-21(24-19)25(12-16-4-3-11-27-16)20(26)17-5-1-2-6-18(17)23/h1-2,5-10,13,16H,3-4,11-12H2. The minimum absolute atomic E-state index is 0.0312. The Morgan fingerprint density at radius 1 is 1.25 bits per heavy atom. The van der Waals surface area contributed by atoms with Crippen molar-refractivity contribution in [1.29, 1.82) is 0 Å². The van der Waals surface area contributed by atoms with Gasteiger partial charge >= 0.3 is 0 Å². The van der Waals surface area contributed by atoms with Crippen LogP contribution in [-0.2, 0) is 4.74 Å². The molecule has 1 saturated heterocycles. The lowest BCUT2D eigenvalue weighted by Gasteiger charge is -2.23. The molecule has 0 saturated carbocycles. The van der Waals surface area contributed by atoms with Crippen molar-refractivity contribution in [2.75, 3.05) is 18.1 Å². The van der Waals surface area contributed by atoms with Crippen LogP contribution in [0.4, 0.5) is 9.52 Å². The third-order valence-corrected chi connectivity index (χ3v) is 5.74. The van der Waals surface area contributed by atoms with Crippen LogP contribution in [0.25, 0.3) is 11.3 Å². The van der Waals surface area contributed by atoms with Crippen LogP contribution in [0.3, 0.4) is 0 Å². The first-order valence-corrected chi connectivity index (χ1v) is 10.3. The topological polar surface area (TPSA) is 42.4 Å². The van der Waals surface area contributed by atoms with Gasteiger partial charge in [0.25, 0.3) is 5.91 Å². The summed E-state index contributed by atoms with van der Waals surface area (Å²) in [6, 6.07) is 13.4. The minimum Gasteiger partial charge on any atom is -0.376 e. The molecule has 2 aromatic carbocycles. The second-order valence-corrected chi connectivity index (χ2v) is 7.83. The summed E-state index contributed by atoms with van der Waals surface area (Å²) in [5.41, 5.74) is 1.68. The summed E-state index contributed by atoms with van der Waals surface area (Å²) in [7, 11) is 0. The number of thiazole rings is 1. The van der Waals surface area contributed by atoms with E-state index in [1.807, 2.05) is 17.5 Å². The van der Waals surface area contributed by atoms with Gasteiger partial charge in [0, 0.05) is 22.6 Å². The summed E-state index contributed by atoms with van der Waals surface area (Å²) in [5.74, 6) is -0.954. The molecule has 7 heteroatoms. The number of nitrogens with zero attached hydrogens (tertiary/aromatic N) is 2. The Labute approximate surface area is 171 Å². The SMILES string of the molecule is O=C(c1ccccc1F)N(CC1CCCO1)c1nc(-c2ccc(Cl)cc2)cs1. The molecule has 144 valence electrons. The molecule has 2 heterocycles. The molecule has 1 atom stereocenters. The smallest absolute Gasteiger partial charge is 0.263 e. The van der Waals surface area contributed by atoms with Crippen LogP contribution in [0, 0.1) is 5.82 Å². The van der Waals surface area contributed by atoms with Crippen molar-refractivity contribution >= 4 is 34.0 Å². The quantitative estimate of drug-likeness (QED) is 0.557. The number of carbonyl (C=O) groups excluding carboxylic acids is 1. The fourth-order valence-corrected chi connectivity index (χ4v) is 4.13. The van der Waals surface area contributed by atoms with Gasteiger partial charge in [-0.2, -0.15) is 0 Å². The lowest BCUT2D eigenvalue weighted by Crippen LogP contribution is -2.38. The summed E-state index contributed by atoms with van der Waals surface area (Å²) < 4.78 is 19.9. The first-order valence-electron chi connectivity index (χ1n) is 9.01. The van der Waals surface area contributed by atoms with Crippen molar-refractivity contribution in [1.82, 2.24) is 4.98 Å². The second-order valence-electron chi connectivity index (χ2n) is 6.55. The first kappa shape index (κ1) is 19.1. The summed E-state index contributed by atoms with van der Waals surface area (Å²) in [6.07, 6.45) is 1.76. The number of aromatic nitrogens is 1. The van der Waals surface area contributed by atoms with Gasteiger partial charge in [0.15, 0.2) is 5.13 Å². The second kappa shape index (κ2) is 8.39. The van der Waals surface area contributed by atoms with Crippen molar-refractivity contribution < 1.29 is 13.9 Å². The van der Waals surface area contributed by atoms with Gasteiger partial charge in [0.2, 0.25) is 0 Å². The normalized spacial score (nSPS) is 16.3. The first-order chi connectivity index (χ1) is 13.6. The number of ether oxygens (including phenoxy) is 1. The molecule has 0 radical (unpaired) electrons. The molecule has 3 aromatic rings. The van der Waals surface area contributed by atoms with Crippen LogP contribution in [0.5, 0.6) is 0 Å². The molecule has 1 aromatic heterocycles. The number of hydrogen-bond donors (Lipinski definition) is 0. The number of benzene rings is 2. The summed E-state index contributed by atoms with van der Waals surface area (Å²) in [4.78, 5) is 19.3. The molecule has 1 aliphatic rings. The molecule has 4 rings (SSSR count). The number of halogens is 2. The van der Waals surface area contributed by atoms with Crippen LogP contribution in [0.2, 0.25) is 5.02 Å². The maximum atomic E-state index is 14.2. The van der Waals surface area contributed by atoms with Gasteiger partial charge in [0.1, 0.15) is 5.82 Å². The van der Waals surface area contributed by atoms with E-state index in [1.165, 1.54) is 28.4 Å². The summed E-state index contributed by atoms with van der Waals surface area (Å²) in [6.45, 7) is 1.03. The zero-order valence-electron chi connectivity index (χ0n) is 15.0. The van der Waals surface area contributed by atoms with Crippen LogP contribution >= 0.6 is 22.9 Å². The zero-order valence-corrected chi connectivity index (χ0v) is 16.5. The molecule has 0 N–H and O–H groups in total. The van der Waals surface area contributed by atoms with Gasteiger partial charge in [-0.05, 0) is 37.1 Å². The van der Waals surface area contributed by atoms with E-state index < -0.39 is 11.7 Å². The number of hydrogen-bond acceptors (Lipinski definition) is 4. The number of carbonyl (C=O) groups is 1. The van der Waals surface area contributed by atoms with Gasteiger partial charge in [-0.15, -0.1) is 11.3 Å². The lowest BCUT2D eigenvalue weighted by atomic mass is 10.1. The zero-order chi connectivity index (χ0) is 19.5. The van der Waals surface area contributed by atoms with E-state index in [1.54, 1.807) is 24.3 Å². The third kappa shape index (κ3) is 4.09. The number of amides is 1. The average molecular weight is 417 g/mol. The van der Waals surface area contributed by atoms with Crippen LogP contribution in [0.1, 0.15) is 23.2 Å². The Kier molecular flexibility index (Phi) is 5.71. The van der Waals surface area contributed by atoms with E-state index in [-0.39, 0.29) is 11.7 Å². The summed E-state index contributed by atoms with van der Waals surface area (Å²) in [5, 5.41) is 3.05. The van der Waals surface area contributed by atoms with Crippen LogP contribution in [0.15, 0.2) is 53.9 Å². The number of anilines is 1. The van der Waals surface area contributed by atoms with Crippen LogP contribution in [-0.4, -0.2) is 30.1 Å². The van der Waals surface area contributed by atoms with E-state index in [9.17, 15) is 9.18 Å². The molecular weight excluding hydrogens is 399 g/mol. The predicted octanol–water partition coefficient (Wildman–Crippen LogP) is 5.43. The van der Waals surface area contributed by atoms with Crippen molar-refractivity contribution in [3.05, 3.63) is 70.3 Å². The molecule has 0 bridgehead atoms. The Morgan fingerprint density at radius 3 is 2.75 bits per heavy atom. The van der Waals surface area contributed by atoms with Gasteiger partial charge in [-0.1, -0.05) is 35.9 Å². The summed E-state index contributed by atoms with van der Waals surface area (Å²) >= 11 is 7.31. The molecule has 1 unspecified atom stereocenters. The maximum absolute atomic E-state index is 14.2. The molecule has 0 aliphatic carbocycles. The molecule has 1 aliphatic heterocycles. The largest absolute Gasteiger partial charge is 0.376 e. The Hall–Kier alpha value is -2.28. The molecule has 28 heavy (non-hydrogen) atoms. The van der Waals surface area contributed by atoms with E-state index >= 15 is 0 Å². The molecule has 0 spiro atoms. The maximum Gasteiger partial charge on any atom is 0.263 e. The third-order valence-electron chi connectivity index (χ3n) is 4.62. The molecule has 1 fully saturated rings. The highest BCUT2D eigenvalue weighted by Crippen LogP contribution is 2.30. The van der Waals surface area contributed by atoms with Crippen molar-refractivity contribution in [3.63, 3.8) is 0 Å². The van der Waals surface area contributed by atoms with E-state index in [2.05, 4.69) is 4.98 Å². The highest BCUT2D eigenvalue weighted by atomic mass is 35.5. The van der Waals surface area contributed by atoms with Crippen LogP contribution < -0.4 is 4.90 Å². The predicted molar refractivity (Wildman–Crippen MR) is 110 cm³/mol. The van der Waals surface area contributed by atoms with Gasteiger partial charge < -0.3 is 4.74 Å². The number of rotatable bonds is 5. The molecule has 1 amide bonds. The fourth-order valence-electron chi connectivity index (χ4n) is 3.16. The lowest BCUT2D eigenvalue weighted by molar-refractivity contribution is 0.0914. The van der Waals surface area contributed by atoms with Crippen molar-refractivity contribution in [2.45, 2.75) is 18.9 Å². The minimum atomic E-state index is -0.542. The Morgan fingerprint density at radius 2 is 2.04 bits per heavy atom. The van der Waals surface area contributed by atoms with E-state index in [0.717, 1.165) is 24.1 Å². The van der Waals surface area contributed by atoms with E-state index in [4.69, 9.17) is 16.3 Å². The highest BCUT2D eigenvalue weighted by molar-refractivity contribution is 7.14. The fraction of sp³-hybridized carbons (Fsp3) is 0.238. The average Bonchev–Trinajstić information content (AvgIpc) is 3.39. The highest BCUT2D eigenvalue weighted by Gasteiger charge is 2.28. The van der Waals surface area contributed by atoms with Gasteiger partial charge in [-0.25, -0.2) is 9.37 Å². The van der Waals surface area contributed by atoms with Crippen molar-refractivity contribution in [2.24, 2.45) is 0 Å². The van der Waals surface area contributed by atoms with Gasteiger partial charge in [-0.3, -0.25) is 9.69 Å². The van der Waals surface area contributed by atoms with E-state index in [0.29, 0.717) is 23.3 Å². The molecule has 4 nitrogen and oxygen atoms in total. The van der Waals surface area contributed by atoms with Crippen molar-refractivity contribution in [3.8, 4) is 11.3 Å². The van der Waals surface area contributed by atoms with Gasteiger partial charge in [0.05, 0.1) is 23.9 Å². The monoisotopic (exact) mass is 416 g/mol. The molecular formula is C21H18ClFN2O2S. The Balaban J connectivity index is 1.66. The Bertz CT molecular complexity index is 971.